The van der Waals surface area contributed by atoms with Crippen LogP contribution in [0.5, 0.6) is 0 Å². The van der Waals surface area contributed by atoms with Gasteiger partial charge in [0.25, 0.3) is 0 Å². The maximum absolute atomic E-state index is 3.62. The standard InChI is InChI=1S/C8H16N2.2ClH/c1-10-6-5-9-8(7-10)3-2-4-8;;/h9H,2-7H2,1H3;2*1H. The molecule has 2 rings (SSSR count). The van der Waals surface area contributed by atoms with Crippen LogP contribution in [0.1, 0.15) is 19.3 Å². The fourth-order valence-corrected chi connectivity index (χ4v) is 2.10. The quantitative estimate of drug-likeness (QED) is 0.652. The van der Waals surface area contributed by atoms with Crippen molar-refractivity contribution < 1.29 is 0 Å². The van der Waals surface area contributed by atoms with Gasteiger partial charge in [0.2, 0.25) is 0 Å². The normalized spacial score (nSPS) is 26.8. The molecule has 4 heteroatoms. The second-order valence-corrected chi connectivity index (χ2v) is 3.80. The van der Waals surface area contributed by atoms with Gasteiger partial charge in [0.05, 0.1) is 0 Å². The fourth-order valence-electron chi connectivity index (χ4n) is 2.10. The Bertz CT molecular complexity index is 137. The smallest absolute Gasteiger partial charge is 0.0309 e. The maximum Gasteiger partial charge on any atom is 0.0309 e. The highest BCUT2D eigenvalue weighted by molar-refractivity contribution is 5.85. The summed E-state index contributed by atoms with van der Waals surface area (Å²) in [7, 11) is 2.22. The minimum absolute atomic E-state index is 0. The van der Waals surface area contributed by atoms with Gasteiger partial charge in [0.1, 0.15) is 0 Å². The molecule has 2 fully saturated rings. The molecule has 74 valence electrons. The van der Waals surface area contributed by atoms with E-state index in [1.54, 1.807) is 0 Å². The van der Waals surface area contributed by atoms with Crippen LogP contribution in [0.4, 0.5) is 0 Å². The minimum atomic E-state index is 0. The van der Waals surface area contributed by atoms with Crippen molar-refractivity contribution in [1.82, 2.24) is 10.2 Å². The van der Waals surface area contributed by atoms with E-state index in [9.17, 15) is 0 Å². The third kappa shape index (κ3) is 2.25. The van der Waals surface area contributed by atoms with Crippen molar-refractivity contribution >= 4 is 24.8 Å². The van der Waals surface area contributed by atoms with Crippen LogP contribution in [-0.4, -0.2) is 37.1 Å². The van der Waals surface area contributed by atoms with Crippen molar-refractivity contribution in [1.29, 1.82) is 0 Å². The molecule has 1 heterocycles. The first-order chi connectivity index (χ1) is 4.81. The van der Waals surface area contributed by atoms with Crippen LogP contribution < -0.4 is 5.32 Å². The van der Waals surface area contributed by atoms with Gasteiger partial charge in [-0.05, 0) is 26.3 Å². The second-order valence-electron chi connectivity index (χ2n) is 3.80. The predicted molar refractivity (Wildman–Crippen MR) is 56.6 cm³/mol. The number of likely N-dealkylation sites (N-methyl/N-ethyl adjacent to an activating group) is 1. The topological polar surface area (TPSA) is 15.3 Å². The Kier molecular flexibility index (Phi) is 4.85. The summed E-state index contributed by atoms with van der Waals surface area (Å²) in [5.74, 6) is 0. The van der Waals surface area contributed by atoms with Crippen molar-refractivity contribution in [2.75, 3.05) is 26.7 Å². The molecule has 0 radical (unpaired) electrons. The van der Waals surface area contributed by atoms with Crippen molar-refractivity contribution in [2.45, 2.75) is 24.8 Å². The number of hydrogen-bond donors (Lipinski definition) is 1. The lowest BCUT2D eigenvalue weighted by atomic mass is 9.75. The van der Waals surface area contributed by atoms with Gasteiger partial charge in [-0.25, -0.2) is 0 Å². The van der Waals surface area contributed by atoms with Crippen LogP contribution in [0.25, 0.3) is 0 Å². The van der Waals surface area contributed by atoms with E-state index >= 15 is 0 Å². The lowest BCUT2D eigenvalue weighted by molar-refractivity contribution is 0.0870. The number of nitrogens with zero attached hydrogens (tertiary/aromatic N) is 1. The number of piperazine rings is 1. The van der Waals surface area contributed by atoms with E-state index < -0.39 is 0 Å². The summed E-state index contributed by atoms with van der Waals surface area (Å²) in [4.78, 5) is 2.44. The van der Waals surface area contributed by atoms with Gasteiger partial charge in [-0.2, -0.15) is 0 Å². The van der Waals surface area contributed by atoms with E-state index in [1.807, 2.05) is 0 Å². The molecule has 1 spiro atoms. The summed E-state index contributed by atoms with van der Waals surface area (Å²) in [6, 6.07) is 0. The third-order valence-corrected chi connectivity index (χ3v) is 2.88. The molecular formula is C8H18Cl2N2. The predicted octanol–water partition coefficient (Wildman–Crippen LogP) is 1.29. The van der Waals surface area contributed by atoms with Gasteiger partial charge in [0, 0.05) is 25.2 Å². The molecule has 2 aliphatic rings. The van der Waals surface area contributed by atoms with Gasteiger partial charge >= 0.3 is 0 Å². The zero-order chi connectivity index (χ0) is 7.03. The van der Waals surface area contributed by atoms with Crippen molar-refractivity contribution in [3.05, 3.63) is 0 Å². The van der Waals surface area contributed by atoms with Gasteiger partial charge in [-0.15, -0.1) is 24.8 Å². The molecule has 1 N–H and O–H groups in total. The molecule has 12 heavy (non-hydrogen) atoms. The minimum Gasteiger partial charge on any atom is -0.309 e. The van der Waals surface area contributed by atoms with Gasteiger partial charge in [-0.3, -0.25) is 0 Å². The van der Waals surface area contributed by atoms with Crippen molar-refractivity contribution in [3.8, 4) is 0 Å². The van der Waals surface area contributed by atoms with E-state index in [4.69, 9.17) is 0 Å². The highest BCUT2D eigenvalue weighted by atomic mass is 35.5. The lowest BCUT2D eigenvalue weighted by Crippen LogP contribution is -2.62. The maximum atomic E-state index is 3.62. The van der Waals surface area contributed by atoms with Crippen LogP contribution >= 0.6 is 24.8 Å². The van der Waals surface area contributed by atoms with E-state index in [-0.39, 0.29) is 24.8 Å². The van der Waals surface area contributed by atoms with Crippen molar-refractivity contribution in [3.63, 3.8) is 0 Å². The lowest BCUT2D eigenvalue weighted by Gasteiger charge is -2.48. The summed E-state index contributed by atoms with van der Waals surface area (Å²) < 4.78 is 0. The number of halogens is 2. The zero-order valence-electron chi connectivity index (χ0n) is 7.51. The SMILES string of the molecule is CN1CCNC2(CCC2)C1.Cl.Cl. The van der Waals surface area contributed by atoms with E-state index in [2.05, 4.69) is 17.3 Å². The van der Waals surface area contributed by atoms with Crippen LogP contribution in [0.15, 0.2) is 0 Å². The molecule has 0 unspecified atom stereocenters. The van der Waals surface area contributed by atoms with Gasteiger partial charge in [0.15, 0.2) is 0 Å². The average molecular weight is 213 g/mol. The van der Waals surface area contributed by atoms with Gasteiger partial charge < -0.3 is 10.2 Å². The first-order valence-electron chi connectivity index (χ1n) is 4.24. The molecule has 1 saturated carbocycles. The molecule has 1 saturated heterocycles. The average Bonchev–Trinajstić information content (AvgIpc) is 1.85. The molecule has 0 aromatic carbocycles. The number of nitrogens with one attached hydrogen (secondary N) is 1. The highest BCUT2D eigenvalue weighted by Crippen LogP contribution is 2.33. The molecule has 0 aromatic heterocycles. The Morgan fingerprint density at radius 3 is 2.25 bits per heavy atom. The summed E-state index contributed by atoms with van der Waals surface area (Å²) in [6.45, 7) is 3.69. The Balaban J connectivity index is 0.000000605. The second kappa shape index (κ2) is 4.66. The summed E-state index contributed by atoms with van der Waals surface area (Å²) in [5, 5.41) is 3.62. The summed E-state index contributed by atoms with van der Waals surface area (Å²) in [5.41, 5.74) is 0.549. The van der Waals surface area contributed by atoms with Crippen LogP contribution in [0, 0.1) is 0 Å². The molecule has 1 aliphatic carbocycles. The van der Waals surface area contributed by atoms with Crippen LogP contribution in [-0.2, 0) is 0 Å². The molecule has 1 aliphatic heterocycles. The molecule has 0 bridgehead atoms. The first kappa shape index (κ1) is 12.5. The number of hydrogen-bond acceptors (Lipinski definition) is 2. The van der Waals surface area contributed by atoms with Gasteiger partial charge in [-0.1, -0.05) is 0 Å². The first-order valence-corrected chi connectivity index (χ1v) is 4.24. The van der Waals surface area contributed by atoms with Crippen LogP contribution in [0.2, 0.25) is 0 Å². The molecule has 2 nitrogen and oxygen atoms in total. The summed E-state index contributed by atoms with van der Waals surface area (Å²) in [6.07, 6.45) is 4.23. The highest BCUT2D eigenvalue weighted by Gasteiger charge is 2.39. The Hall–Kier alpha value is 0.500. The Labute approximate surface area is 86.9 Å². The molecule has 0 atom stereocenters. The van der Waals surface area contributed by atoms with E-state index in [1.165, 1.54) is 38.9 Å². The van der Waals surface area contributed by atoms with E-state index in [0.717, 1.165) is 0 Å². The zero-order valence-corrected chi connectivity index (χ0v) is 9.14. The molecule has 0 aromatic rings. The summed E-state index contributed by atoms with van der Waals surface area (Å²) >= 11 is 0. The largest absolute Gasteiger partial charge is 0.309 e. The fraction of sp³-hybridized carbons (Fsp3) is 1.00. The van der Waals surface area contributed by atoms with E-state index in [0.29, 0.717) is 5.54 Å². The molecule has 0 amide bonds. The third-order valence-electron chi connectivity index (χ3n) is 2.88. The van der Waals surface area contributed by atoms with Crippen molar-refractivity contribution in [2.24, 2.45) is 0 Å². The Morgan fingerprint density at radius 1 is 1.25 bits per heavy atom. The Morgan fingerprint density at radius 2 is 1.92 bits per heavy atom. The van der Waals surface area contributed by atoms with Crippen LogP contribution in [0.3, 0.4) is 0 Å². The number of rotatable bonds is 0. The molecular weight excluding hydrogens is 195 g/mol. The monoisotopic (exact) mass is 212 g/mol.